The van der Waals surface area contributed by atoms with Gasteiger partial charge in [0.05, 0.1) is 11.4 Å². The van der Waals surface area contributed by atoms with E-state index in [0.717, 1.165) is 0 Å². The van der Waals surface area contributed by atoms with Gasteiger partial charge in [-0.25, -0.2) is 0 Å². The van der Waals surface area contributed by atoms with Gasteiger partial charge in [-0.05, 0) is 79.1 Å². The Balaban J connectivity index is 1.61. The van der Waals surface area contributed by atoms with Gasteiger partial charge in [0, 0.05) is 15.5 Å². The van der Waals surface area contributed by atoms with E-state index in [4.69, 9.17) is 0 Å². The Labute approximate surface area is 212 Å². The molecule has 0 radical (unpaired) electrons. The molecule has 4 rings (SSSR count). The first-order valence-electron chi connectivity index (χ1n) is 13.5. The largest absolute Gasteiger partial charge is 0.308 e. The molecule has 1 heterocycles. The van der Waals surface area contributed by atoms with Crippen molar-refractivity contribution in [1.29, 1.82) is 0 Å². The highest BCUT2D eigenvalue weighted by Crippen LogP contribution is 2.52. The molecule has 3 aromatic rings. The number of hydrogen-bond donors (Lipinski definition) is 0. The third kappa shape index (κ3) is 5.89. The molecule has 1 aliphatic heterocycles. The first kappa shape index (κ1) is 24.9. The Bertz CT molecular complexity index is 1040. The molecule has 2 heteroatoms. The highest BCUT2D eigenvalue weighted by atomic mass is 32.2. The van der Waals surface area contributed by atoms with Gasteiger partial charge in [-0.1, -0.05) is 101 Å². The third-order valence-electron chi connectivity index (χ3n) is 7.18. The second-order valence-electron chi connectivity index (χ2n) is 9.71. The van der Waals surface area contributed by atoms with E-state index in [0.29, 0.717) is 5.92 Å². The zero-order valence-electron chi connectivity index (χ0n) is 21.4. The van der Waals surface area contributed by atoms with Gasteiger partial charge in [0.15, 0.2) is 0 Å². The van der Waals surface area contributed by atoms with Gasteiger partial charge in [-0.3, -0.25) is 0 Å². The topological polar surface area (TPSA) is 3.24 Å². The summed E-state index contributed by atoms with van der Waals surface area (Å²) in [6.45, 7) is 6.91. The third-order valence-corrected chi connectivity index (χ3v) is 8.30. The zero-order chi connectivity index (χ0) is 23.8. The maximum absolute atomic E-state index is 2.48. The maximum Gasteiger partial charge on any atom is 0.0601 e. The van der Waals surface area contributed by atoms with Crippen LogP contribution in [0, 0.1) is 0 Å². The summed E-state index contributed by atoms with van der Waals surface area (Å²) in [6.07, 6.45) is 12.9. The van der Waals surface area contributed by atoms with Crippen molar-refractivity contribution in [3.8, 4) is 0 Å². The van der Waals surface area contributed by atoms with Gasteiger partial charge in [-0.2, -0.15) is 0 Å². The minimum Gasteiger partial charge on any atom is -0.308 e. The summed E-state index contributed by atoms with van der Waals surface area (Å²) in [7, 11) is 0. The van der Waals surface area contributed by atoms with E-state index in [9.17, 15) is 0 Å². The summed E-state index contributed by atoms with van der Waals surface area (Å²) in [5.74, 6) is 0.662. The Kier molecular flexibility index (Phi) is 9.16. The van der Waals surface area contributed by atoms with E-state index in [1.54, 1.807) is 0 Å². The van der Waals surface area contributed by atoms with Crippen molar-refractivity contribution in [2.45, 2.75) is 101 Å². The van der Waals surface area contributed by atoms with Crippen molar-refractivity contribution in [2.24, 2.45) is 0 Å². The van der Waals surface area contributed by atoms with Crippen LogP contribution >= 0.6 is 11.8 Å². The lowest BCUT2D eigenvalue weighted by Crippen LogP contribution is -2.15. The molecule has 0 bridgehead atoms. The monoisotopic (exact) mass is 471 g/mol. The normalized spacial score (nSPS) is 13.4. The van der Waals surface area contributed by atoms with Crippen LogP contribution in [0.2, 0.25) is 0 Å². The first-order valence-corrected chi connectivity index (χ1v) is 14.4. The van der Waals surface area contributed by atoms with Crippen molar-refractivity contribution in [1.82, 2.24) is 0 Å². The van der Waals surface area contributed by atoms with Crippen LogP contribution in [0.5, 0.6) is 0 Å². The van der Waals surface area contributed by atoms with E-state index < -0.39 is 0 Å². The molecular formula is C32H41NS. The van der Waals surface area contributed by atoms with Crippen LogP contribution < -0.4 is 4.90 Å². The van der Waals surface area contributed by atoms with Crippen molar-refractivity contribution in [3.63, 3.8) is 0 Å². The molecule has 0 saturated carbocycles. The predicted molar refractivity (Wildman–Crippen MR) is 150 cm³/mol. The fraction of sp³-hybridized carbons (Fsp3) is 0.438. The quantitative estimate of drug-likeness (QED) is 0.189. The van der Waals surface area contributed by atoms with Gasteiger partial charge in [-0.15, -0.1) is 0 Å². The molecule has 0 N–H and O–H groups in total. The molecule has 0 spiro atoms. The van der Waals surface area contributed by atoms with Crippen LogP contribution in [-0.4, -0.2) is 0 Å². The number of benzene rings is 3. The van der Waals surface area contributed by atoms with Crippen molar-refractivity contribution in [2.75, 3.05) is 4.90 Å². The molecule has 0 aromatic heterocycles. The van der Waals surface area contributed by atoms with Gasteiger partial charge >= 0.3 is 0 Å². The summed E-state index contributed by atoms with van der Waals surface area (Å²) in [4.78, 5) is 5.19. The number of fused-ring (bicyclic) bond motifs is 2. The number of anilines is 3. The highest BCUT2D eigenvalue weighted by molar-refractivity contribution is 7.99. The lowest BCUT2D eigenvalue weighted by Gasteiger charge is -2.33. The van der Waals surface area contributed by atoms with Crippen molar-refractivity contribution in [3.05, 3.63) is 77.9 Å². The van der Waals surface area contributed by atoms with E-state index >= 15 is 0 Å². The molecule has 0 saturated heterocycles. The van der Waals surface area contributed by atoms with Crippen LogP contribution in [0.25, 0.3) is 0 Å². The number of aryl methyl sites for hydroxylation is 1. The second-order valence-corrected chi connectivity index (χ2v) is 10.8. The van der Waals surface area contributed by atoms with Gasteiger partial charge in [0.25, 0.3) is 0 Å². The Hall–Kier alpha value is -2.19. The average molecular weight is 472 g/mol. The molecular weight excluding hydrogens is 430 g/mol. The van der Waals surface area contributed by atoms with Crippen LogP contribution in [0.4, 0.5) is 17.1 Å². The van der Waals surface area contributed by atoms with E-state index in [1.807, 2.05) is 11.8 Å². The number of hydrogen-bond acceptors (Lipinski definition) is 2. The van der Waals surface area contributed by atoms with Gasteiger partial charge < -0.3 is 4.90 Å². The van der Waals surface area contributed by atoms with E-state index in [1.165, 1.54) is 102 Å². The Morgan fingerprint density at radius 2 is 1.44 bits per heavy atom. The summed E-state index contributed by atoms with van der Waals surface area (Å²) in [5.41, 5.74) is 6.82. The molecule has 34 heavy (non-hydrogen) atoms. The summed E-state index contributed by atoms with van der Waals surface area (Å²) >= 11 is 1.93. The lowest BCUT2D eigenvalue weighted by molar-refractivity contribution is 0.553. The number of rotatable bonds is 12. The predicted octanol–water partition coefficient (Wildman–Crippen LogP) is 10.8. The SMILES string of the molecule is CCCCCCc1ccc(N2c3ccccc3Sc3cc(C(CC)CCCCC)ccc32)cc1. The standard InChI is InChI=1S/C32H41NS/c1-4-7-9-11-14-25-18-21-28(22-19-25)33-29-16-12-13-17-31(29)34-32-24-27(20-23-30(32)33)26(6-3)15-10-8-5-2/h12-13,16-24,26H,4-11,14-15H2,1-3H3. The lowest BCUT2D eigenvalue weighted by atomic mass is 9.90. The molecule has 1 nitrogen and oxygen atoms in total. The summed E-state index contributed by atoms with van der Waals surface area (Å²) < 4.78 is 0. The van der Waals surface area contributed by atoms with Crippen LogP contribution in [-0.2, 0) is 6.42 Å². The average Bonchev–Trinajstić information content (AvgIpc) is 2.88. The molecule has 0 amide bonds. The van der Waals surface area contributed by atoms with Crippen molar-refractivity contribution >= 4 is 28.8 Å². The van der Waals surface area contributed by atoms with Gasteiger partial charge in [0.1, 0.15) is 0 Å². The Morgan fingerprint density at radius 3 is 2.21 bits per heavy atom. The maximum atomic E-state index is 2.48. The minimum atomic E-state index is 0.662. The molecule has 0 aliphatic carbocycles. The molecule has 1 atom stereocenters. The summed E-state index contributed by atoms with van der Waals surface area (Å²) in [6, 6.07) is 25.4. The highest BCUT2D eigenvalue weighted by Gasteiger charge is 2.25. The fourth-order valence-corrected chi connectivity index (χ4v) is 6.23. The van der Waals surface area contributed by atoms with Crippen LogP contribution in [0.3, 0.4) is 0 Å². The molecule has 3 aromatic carbocycles. The van der Waals surface area contributed by atoms with Crippen molar-refractivity contribution < 1.29 is 0 Å². The Morgan fingerprint density at radius 1 is 0.706 bits per heavy atom. The van der Waals surface area contributed by atoms with Crippen LogP contribution in [0.1, 0.15) is 95.6 Å². The first-order chi connectivity index (χ1) is 16.7. The second kappa shape index (κ2) is 12.5. The van der Waals surface area contributed by atoms with E-state index in [2.05, 4.69) is 92.4 Å². The summed E-state index contributed by atoms with van der Waals surface area (Å²) in [5, 5.41) is 0. The molecule has 180 valence electrons. The molecule has 1 unspecified atom stereocenters. The van der Waals surface area contributed by atoms with Crippen LogP contribution in [0.15, 0.2) is 76.5 Å². The molecule has 0 fully saturated rings. The zero-order valence-corrected chi connectivity index (χ0v) is 22.2. The minimum absolute atomic E-state index is 0.662. The molecule has 1 aliphatic rings. The number of unbranched alkanes of at least 4 members (excludes halogenated alkanes) is 5. The van der Waals surface area contributed by atoms with E-state index in [-0.39, 0.29) is 0 Å². The van der Waals surface area contributed by atoms with Gasteiger partial charge in [0.2, 0.25) is 0 Å². The number of nitrogens with zero attached hydrogens (tertiary/aromatic N) is 1. The smallest absolute Gasteiger partial charge is 0.0601 e. The fourth-order valence-electron chi connectivity index (χ4n) is 5.12. The number of para-hydroxylation sites is 1.